The number of nitrogens with zero attached hydrogens (tertiary/aromatic N) is 1. The zero-order valence-corrected chi connectivity index (χ0v) is 9.46. The fourth-order valence-corrected chi connectivity index (χ4v) is 1.26. The van der Waals surface area contributed by atoms with Crippen molar-refractivity contribution in [1.82, 2.24) is 0 Å². The van der Waals surface area contributed by atoms with Crippen LogP contribution in [0.4, 0.5) is 27.6 Å². The highest BCUT2D eigenvalue weighted by Gasteiger charge is 2.34. The molecule has 0 N–H and O–H groups in total. The lowest BCUT2D eigenvalue weighted by molar-refractivity contribution is -0.275. The maximum atomic E-state index is 12.2. The summed E-state index contributed by atoms with van der Waals surface area (Å²) >= 11 is 0. The summed E-state index contributed by atoms with van der Waals surface area (Å²) in [6.45, 7) is -3.24. The molecule has 0 unspecified atom stereocenters. The Morgan fingerprint density at radius 1 is 1.17 bits per heavy atom. The van der Waals surface area contributed by atoms with Crippen LogP contribution in [0.5, 0.6) is 11.5 Å². The normalized spacial score (nSPS) is 11.6. The molecular weight excluding hydrogens is 261 g/mol. The third kappa shape index (κ3) is 3.94. The summed E-state index contributed by atoms with van der Waals surface area (Å²) in [6, 6.07) is 3.55. The van der Waals surface area contributed by atoms with Crippen LogP contribution in [0.3, 0.4) is 0 Å². The second-order valence-corrected chi connectivity index (χ2v) is 3.43. The molecule has 1 rings (SSSR count). The average Bonchev–Trinajstić information content (AvgIpc) is 2.17. The van der Waals surface area contributed by atoms with E-state index in [-0.39, 0.29) is 5.69 Å². The molecule has 1 aromatic carbocycles. The highest BCUT2D eigenvalue weighted by Crippen LogP contribution is 2.40. The van der Waals surface area contributed by atoms with Crippen molar-refractivity contribution in [2.24, 2.45) is 0 Å². The molecule has 0 amide bonds. The van der Waals surface area contributed by atoms with E-state index >= 15 is 0 Å². The summed E-state index contributed by atoms with van der Waals surface area (Å²) in [5.74, 6) is -1.47. The van der Waals surface area contributed by atoms with Crippen LogP contribution < -0.4 is 14.4 Å². The molecule has 0 fully saturated rings. The number of rotatable bonds is 4. The summed E-state index contributed by atoms with van der Waals surface area (Å²) in [5, 5.41) is 0. The van der Waals surface area contributed by atoms with Gasteiger partial charge in [0.2, 0.25) is 0 Å². The van der Waals surface area contributed by atoms with Crippen molar-refractivity contribution in [3.05, 3.63) is 18.2 Å². The Labute approximate surface area is 99.7 Å². The largest absolute Gasteiger partial charge is 0.573 e. The lowest BCUT2D eigenvalue weighted by Crippen LogP contribution is -2.21. The number of halogens is 5. The van der Waals surface area contributed by atoms with Crippen LogP contribution >= 0.6 is 0 Å². The van der Waals surface area contributed by atoms with Crippen LogP contribution in [0.2, 0.25) is 0 Å². The Morgan fingerprint density at radius 3 is 2.22 bits per heavy atom. The Morgan fingerprint density at radius 2 is 1.78 bits per heavy atom. The summed E-state index contributed by atoms with van der Waals surface area (Å²) in [5.41, 5.74) is -0.0227. The quantitative estimate of drug-likeness (QED) is 0.785. The second-order valence-electron chi connectivity index (χ2n) is 3.43. The van der Waals surface area contributed by atoms with Gasteiger partial charge in [0.15, 0.2) is 11.5 Å². The Hall–Kier alpha value is -1.73. The van der Waals surface area contributed by atoms with Gasteiger partial charge in [0, 0.05) is 14.1 Å². The fourth-order valence-electron chi connectivity index (χ4n) is 1.26. The third-order valence-corrected chi connectivity index (χ3v) is 1.87. The highest BCUT2D eigenvalue weighted by molar-refractivity contribution is 5.64. The van der Waals surface area contributed by atoms with E-state index in [9.17, 15) is 22.0 Å². The average molecular weight is 271 g/mol. The number of hydrogen-bond acceptors (Lipinski definition) is 3. The molecule has 0 saturated carbocycles. The molecule has 102 valence electrons. The molecule has 18 heavy (non-hydrogen) atoms. The molecule has 0 saturated heterocycles. The van der Waals surface area contributed by atoms with Crippen LogP contribution in [-0.2, 0) is 0 Å². The molecule has 0 aromatic heterocycles. The first-order valence-electron chi connectivity index (χ1n) is 4.71. The zero-order valence-electron chi connectivity index (χ0n) is 9.46. The molecule has 8 heteroatoms. The molecule has 0 aliphatic rings. The van der Waals surface area contributed by atoms with Gasteiger partial charge in [-0.2, -0.15) is 8.78 Å². The van der Waals surface area contributed by atoms with Crippen molar-refractivity contribution in [1.29, 1.82) is 0 Å². The van der Waals surface area contributed by atoms with Crippen LogP contribution in [0.15, 0.2) is 18.2 Å². The Bertz CT molecular complexity index is 406. The minimum atomic E-state index is -4.99. The van der Waals surface area contributed by atoms with Gasteiger partial charge in [-0.15, -0.1) is 13.2 Å². The van der Waals surface area contributed by atoms with Gasteiger partial charge in [0.05, 0.1) is 5.69 Å². The topological polar surface area (TPSA) is 21.7 Å². The van der Waals surface area contributed by atoms with Crippen LogP contribution in [-0.4, -0.2) is 27.1 Å². The van der Waals surface area contributed by atoms with E-state index in [2.05, 4.69) is 9.47 Å². The minimum absolute atomic E-state index is 0.0227. The summed E-state index contributed by atoms with van der Waals surface area (Å²) in [6.07, 6.45) is -4.99. The van der Waals surface area contributed by atoms with E-state index < -0.39 is 24.5 Å². The van der Waals surface area contributed by atoms with E-state index in [0.29, 0.717) is 0 Å². The smallest absolute Gasteiger partial charge is 0.431 e. The number of benzene rings is 1. The van der Waals surface area contributed by atoms with Crippen molar-refractivity contribution >= 4 is 5.69 Å². The van der Waals surface area contributed by atoms with Gasteiger partial charge in [-0.05, 0) is 12.1 Å². The Kier molecular flexibility index (Phi) is 4.20. The first kappa shape index (κ1) is 14.3. The highest BCUT2D eigenvalue weighted by atomic mass is 19.4. The second kappa shape index (κ2) is 5.28. The lowest BCUT2D eigenvalue weighted by Gasteiger charge is -2.21. The van der Waals surface area contributed by atoms with E-state index in [0.717, 1.165) is 6.07 Å². The summed E-state index contributed by atoms with van der Waals surface area (Å²) in [4.78, 5) is 1.29. The van der Waals surface area contributed by atoms with E-state index in [1.54, 1.807) is 0 Å². The molecule has 1 aromatic rings. The fraction of sp³-hybridized carbons (Fsp3) is 0.400. The van der Waals surface area contributed by atoms with Crippen LogP contribution in [0, 0.1) is 0 Å². The third-order valence-electron chi connectivity index (χ3n) is 1.87. The molecule has 0 atom stereocenters. The first-order chi connectivity index (χ1) is 8.20. The van der Waals surface area contributed by atoms with Gasteiger partial charge >= 0.3 is 13.0 Å². The number of anilines is 1. The lowest BCUT2D eigenvalue weighted by atomic mass is 10.2. The molecular formula is C10H10F5NO2. The number of hydrogen-bond donors (Lipinski definition) is 0. The molecule has 3 nitrogen and oxygen atoms in total. The molecule has 0 aliphatic heterocycles. The van der Waals surface area contributed by atoms with Gasteiger partial charge in [0.25, 0.3) is 0 Å². The van der Waals surface area contributed by atoms with Crippen molar-refractivity contribution < 1.29 is 31.4 Å². The first-order valence-corrected chi connectivity index (χ1v) is 4.71. The van der Waals surface area contributed by atoms with Crippen LogP contribution in [0.1, 0.15) is 0 Å². The van der Waals surface area contributed by atoms with Crippen LogP contribution in [0.25, 0.3) is 0 Å². The standard InChI is InChI=1S/C10H10F5NO2/c1-16(2)6-4-3-5-7(17-9(11)12)8(6)18-10(13,14)15/h3-5,9H,1-2H3. The molecule has 0 bridgehead atoms. The van der Waals surface area contributed by atoms with Gasteiger partial charge < -0.3 is 14.4 Å². The Balaban J connectivity index is 3.21. The minimum Gasteiger partial charge on any atom is -0.431 e. The molecule has 0 spiro atoms. The van der Waals surface area contributed by atoms with Gasteiger partial charge in [-0.25, -0.2) is 0 Å². The predicted octanol–water partition coefficient (Wildman–Crippen LogP) is 3.25. The van der Waals surface area contributed by atoms with Crippen molar-refractivity contribution in [2.75, 3.05) is 19.0 Å². The maximum absolute atomic E-state index is 12.2. The molecule has 0 aliphatic carbocycles. The number of alkyl halides is 5. The summed E-state index contributed by atoms with van der Waals surface area (Å²) in [7, 11) is 2.90. The zero-order chi connectivity index (χ0) is 13.9. The monoisotopic (exact) mass is 271 g/mol. The maximum Gasteiger partial charge on any atom is 0.573 e. The van der Waals surface area contributed by atoms with E-state index in [1.165, 1.54) is 31.1 Å². The van der Waals surface area contributed by atoms with Crippen molar-refractivity contribution in [3.8, 4) is 11.5 Å². The van der Waals surface area contributed by atoms with Gasteiger partial charge in [-0.1, -0.05) is 6.07 Å². The number of para-hydroxylation sites is 1. The van der Waals surface area contributed by atoms with Crippen molar-refractivity contribution in [3.63, 3.8) is 0 Å². The van der Waals surface area contributed by atoms with E-state index in [1.807, 2.05) is 0 Å². The predicted molar refractivity (Wildman–Crippen MR) is 54.1 cm³/mol. The number of ether oxygens (including phenoxy) is 2. The van der Waals surface area contributed by atoms with Gasteiger partial charge in [0.1, 0.15) is 0 Å². The van der Waals surface area contributed by atoms with Crippen molar-refractivity contribution in [2.45, 2.75) is 13.0 Å². The molecule has 0 heterocycles. The SMILES string of the molecule is CN(C)c1cccc(OC(F)F)c1OC(F)(F)F. The summed E-state index contributed by atoms with van der Waals surface area (Å²) < 4.78 is 68.6. The molecule has 0 radical (unpaired) electrons. The van der Waals surface area contributed by atoms with Gasteiger partial charge in [-0.3, -0.25) is 0 Å². The van der Waals surface area contributed by atoms with E-state index in [4.69, 9.17) is 0 Å².